The summed E-state index contributed by atoms with van der Waals surface area (Å²) >= 11 is 1.39. The molecule has 0 aliphatic rings. The van der Waals surface area contributed by atoms with E-state index in [9.17, 15) is 14.9 Å². The Balaban J connectivity index is 1.70. The van der Waals surface area contributed by atoms with E-state index >= 15 is 0 Å². The largest absolute Gasteiger partial charge is 0.462 e. The molecule has 0 saturated carbocycles. The van der Waals surface area contributed by atoms with Crippen molar-refractivity contribution in [2.45, 2.75) is 13.3 Å². The van der Waals surface area contributed by atoms with Crippen molar-refractivity contribution in [3.63, 3.8) is 0 Å². The van der Waals surface area contributed by atoms with Crippen LogP contribution >= 0.6 is 11.3 Å². The van der Waals surface area contributed by atoms with Crippen LogP contribution in [0.4, 0.5) is 11.4 Å². The van der Waals surface area contributed by atoms with E-state index in [1.165, 1.54) is 23.5 Å². The quantitative estimate of drug-likeness (QED) is 0.561. The van der Waals surface area contributed by atoms with Gasteiger partial charge in [0.25, 0.3) is 5.69 Å². The molecule has 24 heavy (non-hydrogen) atoms. The highest BCUT2D eigenvalue weighted by molar-refractivity contribution is 7.13. The molecule has 2 heterocycles. The van der Waals surface area contributed by atoms with Gasteiger partial charge in [0.1, 0.15) is 0 Å². The number of aromatic nitrogens is 1. The van der Waals surface area contributed by atoms with Crippen LogP contribution in [-0.4, -0.2) is 15.8 Å². The maximum Gasteiger partial charge on any atom is 0.271 e. The number of benzene rings is 1. The van der Waals surface area contributed by atoms with E-state index in [1.807, 2.05) is 0 Å². The molecule has 0 fully saturated rings. The number of nitrogens with one attached hydrogen (secondary N) is 1. The number of hydrogen-bond donors (Lipinski definition) is 1. The van der Waals surface area contributed by atoms with Gasteiger partial charge in [-0.3, -0.25) is 14.9 Å². The molecule has 7 nitrogen and oxygen atoms in total. The van der Waals surface area contributed by atoms with E-state index in [1.54, 1.807) is 36.8 Å². The standard InChI is InChI=1S/C16H13N3O4S/c1-10-4-5-12(19(21)22)8-13(10)18-15(20)7-11-9-24-16(17-11)14-3-2-6-23-14/h2-6,8-9H,7H2,1H3,(H,18,20). The third-order valence-electron chi connectivity index (χ3n) is 3.33. The Morgan fingerprint density at radius 2 is 2.25 bits per heavy atom. The SMILES string of the molecule is Cc1ccc([N+](=O)[O-])cc1NC(=O)Cc1csc(-c2ccco2)n1. The van der Waals surface area contributed by atoms with Crippen molar-refractivity contribution in [3.05, 3.63) is 63.3 Å². The second-order valence-corrected chi connectivity index (χ2v) is 5.96. The zero-order valence-corrected chi connectivity index (χ0v) is 13.5. The summed E-state index contributed by atoms with van der Waals surface area (Å²) in [7, 11) is 0. The molecule has 1 amide bonds. The Morgan fingerprint density at radius 1 is 1.42 bits per heavy atom. The van der Waals surface area contributed by atoms with Crippen LogP contribution in [0, 0.1) is 17.0 Å². The van der Waals surface area contributed by atoms with Crippen molar-refractivity contribution < 1.29 is 14.1 Å². The number of amides is 1. The fourth-order valence-electron chi connectivity index (χ4n) is 2.12. The molecule has 0 atom stereocenters. The second kappa shape index (κ2) is 6.63. The van der Waals surface area contributed by atoms with E-state index in [4.69, 9.17) is 4.42 Å². The molecule has 3 aromatic rings. The van der Waals surface area contributed by atoms with E-state index in [0.717, 1.165) is 5.56 Å². The van der Waals surface area contributed by atoms with Gasteiger partial charge in [-0.2, -0.15) is 0 Å². The van der Waals surface area contributed by atoms with E-state index in [2.05, 4.69) is 10.3 Å². The minimum absolute atomic E-state index is 0.0651. The first-order chi connectivity index (χ1) is 11.5. The van der Waals surface area contributed by atoms with Gasteiger partial charge in [-0.15, -0.1) is 11.3 Å². The van der Waals surface area contributed by atoms with Crippen molar-refractivity contribution in [2.24, 2.45) is 0 Å². The lowest BCUT2D eigenvalue weighted by atomic mass is 10.1. The van der Waals surface area contributed by atoms with E-state index < -0.39 is 4.92 Å². The zero-order chi connectivity index (χ0) is 17.1. The van der Waals surface area contributed by atoms with Crippen LogP contribution in [-0.2, 0) is 11.2 Å². The molecule has 0 saturated heterocycles. The van der Waals surface area contributed by atoms with E-state index in [-0.39, 0.29) is 18.0 Å². The highest BCUT2D eigenvalue weighted by atomic mass is 32.1. The number of nitrogens with zero attached hydrogens (tertiary/aromatic N) is 2. The van der Waals surface area contributed by atoms with Gasteiger partial charge < -0.3 is 9.73 Å². The summed E-state index contributed by atoms with van der Waals surface area (Å²) in [6.07, 6.45) is 1.65. The van der Waals surface area contributed by atoms with Crippen LogP contribution in [0.1, 0.15) is 11.3 Å². The Labute approximate surface area is 141 Å². The van der Waals surface area contributed by atoms with Crippen LogP contribution in [0.25, 0.3) is 10.8 Å². The second-order valence-electron chi connectivity index (χ2n) is 5.10. The van der Waals surface area contributed by atoms with Crippen LogP contribution in [0.15, 0.2) is 46.4 Å². The van der Waals surface area contributed by atoms with Gasteiger partial charge in [0, 0.05) is 17.5 Å². The molecule has 0 bridgehead atoms. The van der Waals surface area contributed by atoms with Gasteiger partial charge in [-0.25, -0.2) is 4.98 Å². The zero-order valence-electron chi connectivity index (χ0n) is 12.7. The first-order valence-corrected chi connectivity index (χ1v) is 7.94. The van der Waals surface area contributed by atoms with Crippen LogP contribution in [0.2, 0.25) is 0 Å². The number of carbonyl (C=O) groups excluding carboxylic acids is 1. The van der Waals surface area contributed by atoms with Gasteiger partial charge in [-0.05, 0) is 24.6 Å². The first kappa shape index (κ1) is 15.9. The normalized spacial score (nSPS) is 10.5. The summed E-state index contributed by atoms with van der Waals surface area (Å²) in [4.78, 5) is 26.9. The maximum absolute atomic E-state index is 12.2. The summed E-state index contributed by atoms with van der Waals surface area (Å²) < 4.78 is 5.27. The van der Waals surface area contributed by atoms with Gasteiger partial charge in [0.05, 0.1) is 29.0 Å². The van der Waals surface area contributed by atoms with Crippen LogP contribution in [0.5, 0.6) is 0 Å². The molecule has 2 aromatic heterocycles. The first-order valence-electron chi connectivity index (χ1n) is 7.06. The Bertz CT molecular complexity index is 887. The molecule has 3 rings (SSSR count). The minimum Gasteiger partial charge on any atom is -0.462 e. The topological polar surface area (TPSA) is 98.3 Å². The predicted octanol–water partition coefficient (Wildman–Crippen LogP) is 3.80. The highest BCUT2D eigenvalue weighted by Crippen LogP contribution is 2.25. The molecule has 8 heteroatoms. The third kappa shape index (κ3) is 3.49. The number of non-ortho nitro benzene ring substituents is 1. The van der Waals surface area contributed by atoms with Crippen molar-refractivity contribution in [1.29, 1.82) is 0 Å². The molecule has 122 valence electrons. The Kier molecular flexibility index (Phi) is 4.39. The number of carbonyl (C=O) groups is 1. The van der Waals surface area contributed by atoms with Crippen molar-refractivity contribution in [2.75, 3.05) is 5.32 Å². The third-order valence-corrected chi connectivity index (χ3v) is 4.24. The van der Waals surface area contributed by atoms with Crippen molar-refractivity contribution in [3.8, 4) is 10.8 Å². The fourth-order valence-corrected chi connectivity index (χ4v) is 2.90. The van der Waals surface area contributed by atoms with Crippen molar-refractivity contribution in [1.82, 2.24) is 4.98 Å². The molecule has 0 aliphatic carbocycles. The average Bonchev–Trinajstić information content (AvgIpc) is 3.20. The number of hydrogen-bond acceptors (Lipinski definition) is 6. The maximum atomic E-state index is 12.2. The number of nitro groups is 1. The van der Waals surface area contributed by atoms with Crippen molar-refractivity contribution >= 4 is 28.6 Å². The van der Waals surface area contributed by atoms with Gasteiger partial charge in [0.15, 0.2) is 10.8 Å². The number of rotatable bonds is 5. The van der Waals surface area contributed by atoms with Crippen LogP contribution < -0.4 is 5.32 Å². The number of thiazole rings is 1. The summed E-state index contributed by atoms with van der Waals surface area (Å²) in [5.41, 5.74) is 1.73. The lowest BCUT2D eigenvalue weighted by Crippen LogP contribution is -2.15. The number of aryl methyl sites for hydroxylation is 1. The minimum atomic E-state index is -0.495. The molecular weight excluding hydrogens is 330 g/mol. The predicted molar refractivity (Wildman–Crippen MR) is 90.0 cm³/mol. The lowest BCUT2D eigenvalue weighted by Gasteiger charge is -2.07. The van der Waals surface area contributed by atoms with E-state index in [0.29, 0.717) is 22.1 Å². The monoisotopic (exact) mass is 343 g/mol. The summed E-state index contributed by atoms with van der Waals surface area (Å²) in [5, 5.41) is 16.0. The number of furan rings is 1. The smallest absolute Gasteiger partial charge is 0.271 e. The number of anilines is 1. The Morgan fingerprint density at radius 3 is 2.96 bits per heavy atom. The summed E-state index contributed by atoms with van der Waals surface area (Å²) in [6, 6.07) is 7.93. The molecular formula is C16H13N3O4S. The van der Waals surface area contributed by atoms with Crippen LogP contribution in [0.3, 0.4) is 0 Å². The average molecular weight is 343 g/mol. The van der Waals surface area contributed by atoms with Gasteiger partial charge in [-0.1, -0.05) is 6.07 Å². The molecule has 0 unspecified atom stereocenters. The summed E-state index contributed by atoms with van der Waals surface area (Å²) in [6.45, 7) is 1.77. The summed E-state index contributed by atoms with van der Waals surface area (Å²) in [5.74, 6) is 0.371. The number of nitro benzene ring substituents is 1. The highest BCUT2D eigenvalue weighted by Gasteiger charge is 2.13. The molecule has 0 radical (unpaired) electrons. The van der Waals surface area contributed by atoms with Gasteiger partial charge in [0.2, 0.25) is 5.91 Å². The molecule has 0 aliphatic heterocycles. The lowest BCUT2D eigenvalue weighted by molar-refractivity contribution is -0.384. The van der Waals surface area contributed by atoms with Gasteiger partial charge >= 0.3 is 0 Å². The molecule has 0 spiro atoms. The Hall–Kier alpha value is -3.00. The molecule has 1 aromatic carbocycles. The molecule has 1 N–H and O–H groups in total. The fraction of sp³-hybridized carbons (Fsp3) is 0.125.